The maximum absolute atomic E-state index is 14.1. The van der Waals surface area contributed by atoms with E-state index in [1.165, 1.54) is 4.90 Å². The van der Waals surface area contributed by atoms with E-state index in [0.717, 1.165) is 0 Å². The van der Waals surface area contributed by atoms with Crippen molar-refractivity contribution in [1.29, 1.82) is 0 Å². The SMILES string of the molecule is CCOC(=O)C[C@H]1[C@@H]2OC(=O)CC/C=C/CCC(=O)N[C@H]2c2cc(OCCCO)ccc2N1C(=O)c1ccccc1. The Balaban J connectivity index is 1.88. The molecular formula is C31H36N2O8. The number of carbonyl (C=O) groups is 4. The van der Waals surface area contributed by atoms with Crippen molar-refractivity contribution in [3.8, 4) is 5.75 Å². The third-order valence-corrected chi connectivity index (χ3v) is 6.93. The van der Waals surface area contributed by atoms with E-state index in [1.807, 2.05) is 12.2 Å². The number of hydrogen-bond donors (Lipinski definition) is 2. The average Bonchev–Trinajstić information content (AvgIpc) is 2.96. The molecule has 0 aromatic heterocycles. The van der Waals surface area contributed by atoms with Crippen LogP contribution in [0.5, 0.6) is 5.75 Å². The van der Waals surface area contributed by atoms with Crippen LogP contribution in [0.3, 0.4) is 0 Å². The van der Waals surface area contributed by atoms with Crippen molar-refractivity contribution < 1.29 is 38.5 Å². The van der Waals surface area contributed by atoms with E-state index in [9.17, 15) is 24.3 Å². The molecule has 2 aliphatic heterocycles. The van der Waals surface area contributed by atoms with E-state index in [2.05, 4.69) is 5.32 Å². The molecule has 41 heavy (non-hydrogen) atoms. The van der Waals surface area contributed by atoms with Gasteiger partial charge in [-0.05, 0) is 50.1 Å². The third kappa shape index (κ3) is 7.52. The predicted octanol–water partition coefficient (Wildman–Crippen LogP) is 3.63. The molecule has 0 saturated heterocycles. The summed E-state index contributed by atoms with van der Waals surface area (Å²) in [6.07, 6.45) is 4.02. The molecule has 0 bridgehead atoms. The minimum atomic E-state index is -1.09. The van der Waals surface area contributed by atoms with Gasteiger partial charge < -0.3 is 29.5 Å². The Hall–Kier alpha value is -4.18. The number of nitrogens with zero attached hydrogens (tertiary/aromatic N) is 1. The van der Waals surface area contributed by atoms with Gasteiger partial charge in [-0.1, -0.05) is 30.4 Å². The molecule has 0 fully saturated rings. The van der Waals surface area contributed by atoms with Gasteiger partial charge in [0.2, 0.25) is 5.91 Å². The topological polar surface area (TPSA) is 131 Å². The molecule has 2 aromatic carbocycles. The number of aliphatic hydroxyl groups excluding tert-OH is 1. The average molecular weight is 565 g/mol. The lowest BCUT2D eigenvalue weighted by molar-refractivity contribution is -0.156. The van der Waals surface area contributed by atoms with Crippen LogP contribution >= 0.6 is 0 Å². The van der Waals surface area contributed by atoms with E-state index in [1.54, 1.807) is 55.5 Å². The molecule has 2 aromatic rings. The van der Waals surface area contributed by atoms with E-state index in [-0.39, 0.29) is 45.0 Å². The Bertz CT molecular complexity index is 1260. The molecule has 0 spiro atoms. The molecule has 10 heteroatoms. The van der Waals surface area contributed by atoms with Gasteiger partial charge in [0.25, 0.3) is 5.91 Å². The fraction of sp³-hybridized carbons (Fsp3) is 0.419. The first kappa shape index (κ1) is 29.8. The van der Waals surface area contributed by atoms with Crippen LogP contribution in [0.2, 0.25) is 0 Å². The predicted molar refractivity (Wildman–Crippen MR) is 150 cm³/mol. The molecule has 2 heterocycles. The normalized spacial score (nSPS) is 21.6. The van der Waals surface area contributed by atoms with Gasteiger partial charge in [0.05, 0.1) is 37.4 Å². The Morgan fingerprint density at radius 2 is 1.83 bits per heavy atom. The smallest absolute Gasteiger partial charge is 0.308 e. The molecule has 10 nitrogen and oxygen atoms in total. The summed E-state index contributed by atoms with van der Waals surface area (Å²) in [7, 11) is 0. The van der Waals surface area contributed by atoms with Crippen LogP contribution in [0.1, 0.15) is 67.4 Å². The fourth-order valence-corrected chi connectivity index (χ4v) is 5.06. The van der Waals surface area contributed by atoms with Crippen LogP contribution in [0.25, 0.3) is 0 Å². The number of amides is 2. The minimum Gasteiger partial charge on any atom is -0.493 e. The third-order valence-electron chi connectivity index (χ3n) is 6.93. The number of rotatable bonds is 8. The Kier molecular flexibility index (Phi) is 10.5. The molecule has 2 amide bonds. The first-order valence-corrected chi connectivity index (χ1v) is 14.0. The van der Waals surface area contributed by atoms with Crippen LogP contribution < -0.4 is 15.0 Å². The highest BCUT2D eigenvalue weighted by molar-refractivity contribution is 6.08. The molecule has 2 aliphatic rings. The number of benzene rings is 2. The second-order valence-electron chi connectivity index (χ2n) is 9.81. The van der Waals surface area contributed by atoms with Crippen molar-refractivity contribution in [2.24, 2.45) is 0 Å². The van der Waals surface area contributed by atoms with Crippen LogP contribution in [0.15, 0.2) is 60.7 Å². The zero-order valence-corrected chi connectivity index (χ0v) is 23.1. The number of nitrogens with one attached hydrogen (secondary N) is 1. The zero-order chi connectivity index (χ0) is 29.2. The van der Waals surface area contributed by atoms with E-state index < -0.39 is 36.0 Å². The Morgan fingerprint density at radius 1 is 1.07 bits per heavy atom. The maximum Gasteiger partial charge on any atom is 0.308 e. The number of esters is 2. The molecule has 2 N–H and O–H groups in total. The lowest BCUT2D eigenvalue weighted by Gasteiger charge is -2.45. The number of ether oxygens (including phenoxy) is 3. The highest BCUT2D eigenvalue weighted by Crippen LogP contribution is 2.43. The lowest BCUT2D eigenvalue weighted by Crippen LogP contribution is -2.58. The largest absolute Gasteiger partial charge is 0.493 e. The van der Waals surface area contributed by atoms with Gasteiger partial charge in [-0.3, -0.25) is 19.2 Å². The molecule has 0 unspecified atom stereocenters. The number of fused-ring (bicyclic) bond motifs is 3. The number of anilines is 1. The van der Waals surface area contributed by atoms with Crippen molar-refractivity contribution in [2.45, 2.75) is 63.6 Å². The molecule has 0 saturated carbocycles. The number of hydrogen-bond acceptors (Lipinski definition) is 8. The number of carbonyl (C=O) groups excluding carboxylic acids is 4. The monoisotopic (exact) mass is 564 g/mol. The van der Waals surface area contributed by atoms with Gasteiger partial charge >= 0.3 is 11.9 Å². The molecule has 4 rings (SSSR count). The summed E-state index contributed by atoms with van der Waals surface area (Å²) in [6.45, 7) is 2.05. The zero-order valence-electron chi connectivity index (χ0n) is 23.1. The summed E-state index contributed by atoms with van der Waals surface area (Å²) in [4.78, 5) is 54.6. The van der Waals surface area contributed by atoms with Crippen LogP contribution in [0.4, 0.5) is 5.69 Å². The molecule has 218 valence electrons. The van der Waals surface area contributed by atoms with Gasteiger partial charge in [-0.15, -0.1) is 0 Å². The molecule has 3 atom stereocenters. The summed E-state index contributed by atoms with van der Waals surface area (Å²) < 4.78 is 17.1. The van der Waals surface area contributed by atoms with Crippen molar-refractivity contribution in [3.05, 3.63) is 71.8 Å². The van der Waals surface area contributed by atoms with Crippen molar-refractivity contribution in [1.82, 2.24) is 5.32 Å². The van der Waals surface area contributed by atoms with Crippen LogP contribution in [-0.2, 0) is 23.9 Å². The Morgan fingerprint density at radius 3 is 2.56 bits per heavy atom. The van der Waals surface area contributed by atoms with Crippen molar-refractivity contribution >= 4 is 29.4 Å². The quantitative estimate of drug-likeness (QED) is 0.282. The maximum atomic E-state index is 14.1. The van der Waals surface area contributed by atoms with Gasteiger partial charge in [-0.2, -0.15) is 0 Å². The molecule has 0 radical (unpaired) electrons. The number of allylic oxidation sites excluding steroid dienone is 2. The summed E-state index contributed by atoms with van der Waals surface area (Å²) in [5.41, 5.74) is 1.34. The summed E-state index contributed by atoms with van der Waals surface area (Å²) >= 11 is 0. The van der Waals surface area contributed by atoms with Gasteiger partial charge in [0, 0.05) is 37.0 Å². The minimum absolute atomic E-state index is 0.0367. The van der Waals surface area contributed by atoms with Gasteiger partial charge in [0.1, 0.15) is 11.9 Å². The van der Waals surface area contributed by atoms with Crippen LogP contribution in [0, 0.1) is 0 Å². The van der Waals surface area contributed by atoms with E-state index in [0.29, 0.717) is 41.8 Å². The summed E-state index contributed by atoms with van der Waals surface area (Å²) in [5.74, 6) is -1.28. The first-order valence-electron chi connectivity index (χ1n) is 14.0. The van der Waals surface area contributed by atoms with Crippen molar-refractivity contribution in [2.75, 3.05) is 24.7 Å². The molecular weight excluding hydrogens is 528 g/mol. The lowest BCUT2D eigenvalue weighted by atomic mass is 9.85. The molecule has 0 aliphatic carbocycles. The standard InChI is InChI=1S/C31H36N2O8/c1-2-39-28(37)20-25-30-29(32-26(35)13-8-3-4-9-14-27(36)41-30)23-19-22(40-18-10-17-34)15-16-24(23)33(25)31(38)21-11-6-5-7-12-21/h3-7,11-12,15-16,19,25,29-30,34H,2,8-10,13-14,17-18,20H2,1H3,(H,32,35)/b4-3+/t25-,29-,30-/m0/s1. The Labute approximate surface area is 239 Å². The first-order chi connectivity index (χ1) is 19.9. The van der Waals surface area contributed by atoms with E-state index >= 15 is 0 Å². The highest BCUT2D eigenvalue weighted by Gasteiger charge is 2.48. The summed E-state index contributed by atoms with van der Waals surface area (Å²) in [5, 5.41) is 12.2. The van der Waals surface area contributed by atoms with Gasteiger partial charge in [0.15, 0.2) is 0 Å². The van der Waals surface area contributed by atoms with E-state index in [4.69, 9.17) is 14.2 Å². The fourth-order valence-electron chi connectivity index (χ4n) is 5.06. The second-order valence-corrected chi connectivity index (χ2v) is 9.81. The highest BCUT2D eigenvalue weighted by atomic mass is 16.5. The van der Waals surface area contributed by atoms with Gasteiger partial charge in [-0.25, -0.2) is 0 Å². The number of aliphatic hydroxyl groups is 1. The van der Waals surface area contributed by atoms with Crippen LogP contribution in [-0.4, -0.2) is 60.8 Å². The van der Waals surface area contributed by atoms with Crippen molar-refractivity contribution in [3.63, 3.8) is 0 Å². The second kappa shape index (κ2) is 14.5. The summed E-state index contributed by atoms with van der Waals surface area (Å²) in [6, 6.07) is 11.9.